The standard InChI is InChI=1S/C12H17BrO4/c13-6-11(16)5-8-4-7-2-1-3-9(14)12(7,11)10(15)17-8/h7-9,14,16H,1-6H2/t7-,8+,9-,11-,12-/m0/s1. The lowest BCUT2D eigenvalue weighted by molar-refractivity contribution is -0.269. The van der Waals surface area contributed by atoms with Gasteiger partial charge in [-0.25, -0.2) is 0 Å². The van der Waals surface area contributed by atoms with Crippen molar-refractivity contribution in [3.8, 4) is 0 Å². The largest absolute Gasteiger partial charge is 0.462 e. The zero-order valence-electron chi connectivity index (χ0n) is 9.56. The molecule has 4 aliphatic rings. The van der Waals surface area contributed by atoms with Crippen molar-refractivity contribution in [3.05, 3.63) is 0 Å². The molecule has 0 aromatic rings. The smallest absolute Gasteiger partial charge is 0.318 e. The Hall–Kier alpha value is -0.130. The zero-order chi connectivity index (χ0) is 12.3. The molecule has 5 heteroatoms. The van der Waals surface area contributed by atoms with Crippen LogP contribution in [0.25, 0.3) is 0 Å². The number of aliphatic hydroxyl groups is 2. The van der Waals surface area contributed by atoms with Crippen LogP contribution in [0.2, 0.25) is 0 Å². The van der Waals surface area contributed by atoms with E-state index in [4.69, 9.17) is 4.74 Å². The molecular formula is C12H17BrO4. The van der Waals surface area contributed by atoms with Gasteiger partial charge < -0.3 is 14.9 Å². The van der Waals surface area contributed by atoms with Crippen molar-refractivity contribution in [2.24, 2.45) is 11.3 Å². The molecule has 4 rings (SSSR count). The van der Waals surface area contributed by atoms with Gasteiger partial charge in [-0.1, -0.05) is 22.4 Å². The van der Waals surface area contributed by atoms with Crippen molar-refractivity contribution in [3.63, 3.8) is 0 Å². The van der Waals surface area contributed by atoms with Gasteiger partial charge in [-0.15, -0.1) is 0 Å². The summed E-state index contributed by atoms with van der Waals surface area (Å²) in [6.45, 7) is 0. The Morgan fingerprint density at radius 1 is 1.47 bits per heavy atom. The number of alkyl halides is 1. The first-order valence-electron chi connectivity index (χ1n) is 6.22. The van der Waals surface area contributed by atoms with E-state index in [0.717, 1.165) is 19.3 Å². The van der Waals surface area contributed by atoms with E-state index in [9.17, 15) is 15.0 Å². The summed E-state index contributed by atoms with van der Waals surface area (Å²) in [5.74, 6) is -0.326. The van der Waals surface area contributed by atoms with Crippen molar-refractivity contribution in [1.29, 1.82) is 0 Å². The van der Waals surface area contributed by atoms with Crippen molar-refractivity contribution in [1.82, 2.24) is 0 Å². The van der Waals surface area contributed by atoms with E-state index in [1.165, 1.54) is 0 Å². The number of carbonyl (C=O) groups excluding carboxylic acids is 1. The van der Waals surface area contributed by atoms with Crippen LogP contribution in [0, 0.1) is 11.3 Å². The minimum absolute atomic E-state index is 0.0637. The second-order valence-corrected chi connectivity index (χ2v) is 6.21. The van der Waals surface area contributed by atoms with Gasteiger partial charge in [0.05, 0.1) is 11.7 Å². The monoisotopic (exact) mass is 304 g/mol. The van der Waals surface area contributed by atoms with Crippen molar-refractivity contribution >= 4 is 21.9 Å². The summed E-state index contributed by atoms with van der Waals surface area (Å²) in [7, 11) is 0. The third-order valence-corrected chi connectivity index (χ3v) is 5.84. The van der Waals surface area contributed by atoms with E-state index in [2.05, 4.69) is 15.9 Å². The van der Waals surface area contributed by atoms with Gasteiger partial charge in [0.2, 0.25) is 0 Å². The number of halogens is 1. The number of rotatable bonds is 1. The third kappa shape index (κ3) is 1.28. The van der Waals surface area contributed by atoms with Gasteiger partial charge in [-0.2, -0.15) is 0 Å². The van der Waals surface area contributed by atoms with Crippen LogP contribution in [0.1, 0.15) is 32.1 Å². The Morgan fingerprint density at radius 2 is 2.24 bits per heavy atom. The molecule has 5 atom stereocenters. The molecule has 2 heterocycles. The van der Waals surface area contributed by atoms with Crippen LogP contribution in [0.15, 0.2) is 0 Å². The molecule has 0 radical (unpaired) electrons. The van der Waals surface area contributed by atoms with E-state index in [1.54, 1.807) is 0 Å². The molecule has 96 valence electrons. The van der Waals surface area contributed by atoms with Crippen LogP contribution in [0.4, 0.5) is 0 Å². The Kier molecular flexibility index (Phi) is 2.58. The molecule has 0 unspecified atom stereocenters. The fraction of sp³-hybridized carbons (Fsp3) is 0.917. The minimum atomic E-state index is -1.16. The lowest BCUT2D eigenvalue weighted by Gasteiger charge is -2.61. The number of hydrogen-bond donors (Lipinski definition) is 2. The van der Waals surface area contributed by atoms with Crippen LogP contribution < -0.4 is 0 Å². The van der Waals surface area contributed by atoms with Crippen molar-refractivity contribution < 1.29 is 19.7 Å². The summed E-state index contributed by atoms with van der Waals surface area (Å²) in [6, 6.07) is 0. The topological polar surface area (TPSA) is 66.8 Å². The van der Waals surface area contributed by atoms with Gasteiger partial charge in [-0.3, -0.25) is 4.79 Å². The second kappa shape index (κ2) is 3.68. The second-order valence-electron chi connectivity index (χ2n) is 5.65. The molecule has 2 aliphatic heterocycles. The van der Waals surface area contributed by atoms with E-state index in [0.29, 0.717) is 18.2 Å². The minimum Gasteiger partial charge on any atom is -0.462 e. The summed E-state index contributed by atoms with van der Waals surface area (Å²) in [5, 5.41) is 21.4. The number of ether oxygens (including phenoxy) is 1. The van der Waals surface area contributed by atoms with Gasteiger partial charge in [0.15, 0.2) is 0 Å². The highest BCUT2D eigenvalue weighted by Crippen LogP contribution is 2.60. The molecule has 4 fully saturated rings. The van der Waals surface area contributed by atoms with Crippen LogP contribution in [-0.2, 0) is 9.53 Å². The van der Waals surface area contributed by atoms with E-state index >= 15 is 0 Å². The SMILES string of the molecule is O=C1O[C@@H]2C[C@@H]3CCC[C@H](O)[C@]13[C@@](O)(CBr)C2. The first-order chi connectivity index (χ1) is 8.04. The number of carbonyl (C=O) groups is 1. The molecule has 2 N–H and O–H groups in total. The van der Waals surface area contributed by atoms with Crippen LogP contribution in [-0.4, -0.2) is 39.3 Å². The Morgan fingerprint density at radius 3 is 2.94 bits per heavy atom. The number of hydrogen-bond acceptors (Lipinski definition) is 4. The normalized spacial score (nSPS) is 53.1. The molecule has 0 aromatic heterocycles. The van der Waals surface area contributed by atoms with Gasteiger partial charge in [0.1, 0.15) is 11.5 Å². The molecule has 17 heavy (non-hydrogen) atoms. The molecule has 1 spiro atoms. The summed E-state index contributed by atoms with van der Waals surface area (Å²) in [4.78, 5) is 12.2. The predicted molar refractivity (Wildman–Crippen MR) is 63.6 cm³/mol. The quantitative estimate of drug-likeness (QED) is 0.560. The highest BCUT2D eigenvalue weighted by atomic mass is 79.9. The summed E-state index contributed by atoms with van der Waals surface area (Å²) in [6.07, 6.45) is 2.67. The highest BCUT2D eigenvalue weighted by molar-refractivity contribution is 9.09. The average Bonchev–Trinajstić information content (AvgIpc) is 2.28. The highest BCUT2D eigenvalue weighted by Gasteiger charge is 2.71. The van der Waals surface area contributed by atoms with Gasteiger partial charge in [0.25, 0.3) is 0 Å². The van der Waals surface area contributed by atoms with E-state index in [1.807, 2.05) is 0 Å². The first-order valence-corrected chi connectivity index (χ1v) is 7.34. The van der Waals surface area contributed by atoms with Gasteiger partial charge >= 0.3 is 5.97 Å². The summed E-state index contributed by atoms with van der Waals surface area (Å²) >= 11 is 3.31. The number of aliphatic hydroxyl groups excluding tert-OH is 1. The first kappa shape index (κ1) is 11.9. The molecule has 2 saturated carbocycles. The Balaban J connectivity index is 2.13. The van der Waals surface area contributed by atoms with Crippen LogP contribution >= 0.6 is 15.9 Å². The maximum Gasteiger partial charge on any atom is 0.318 e. The van der Waals surface area contributed by atoms with Crippen molar-refractivity contribution in [2.75, 3.05) is 5.33 Å². The Bertz CT molecular complexity index is 360. The lowest BCUT2D eigenvalue weighted by Crippen LogP contribution is -2.73. The van der Waals surface area contributed by atoms with Gasteiger partial charge in [-0.05, 0) is 25.2 Å². The fourth-order valence-corrected chi connectivity index (χ4v) is 4.91. The molecule has 2 saturated heterocycles. The molecule has 0 aromatic carbocycles. The fourth-order valence-electron chi connectivity index (χ4n) is 4.22. The predicted octanol–water partition coefficient (Wildman–Crippen LogP) is 0.979. The summed E-state index contributed by atoms with van der Waals surface area (Å²) < 4.78 is 5.33. The third-order valence-electron chi connectivity index (χ3n) is 4.92. The molecule has 0 amide bonds. The average molecular weight is 305 g/mol. The number of fused-ring (bicyclic) bond motifs is 2. The van der Waals surface area contributed by atoms with E-state index in [-0.39, 0.29) is 18.0 Å². The van der Waals surface area contributed by atoms with Crippen molar-refractivity contribution in [2.45, 2.75) is 49.9 Å². The maximum atomic E-state index is 12.2. The molecular weight excluding hydrogens is 288 g/mol. The van der Waals surface area contributed by atoms with E-state index < -0.39 is 17.1 Å². The number of esters is 1. The molecule has 4 nitrogen and oxygen atoms in total. The maximum absolute atomic E-state index is 12.2. The molecule has 2 bridgehead atoms. The van der Waals surface area contributed by atoms with Crippen LogP contribution in [0.3, 0.4) is 0 Å². The van der Waals surface area contributed by atoms with Gasteiger partial charge in [0, 0.05) is 11.8 Å². The Labute approximate surface area is 108 Å². The zero-order valence-corrected chi connectivity index (χ0v) is 11.1. The molecule has 2 aliphatic carbocycles. The summed E-state index contributed by atoms with van der Waals surface area (Å²) in [5.41, 5.74) is -2.25. The van der Waals surface area contributed by atoms with Crippen LogP contribution in [0.5, 0.6) is 0 Å². The lowest BCUT2D eigenvalue weighted by atomic mass is 9.49.